The number of sulfonamides is 1. The fourth-order valence-electron chi connectivity index (χ4n) is 2.63. The van der Waals surface area contributed by atoms with Gasteiger partial charge >= 0.3 is 0 Å². The lowest BCUT2D eigenvalue weighted by molar-refractivity contribution is -0.115. The monoisotopic (exact) mass is 485 g/mol. The number of rotatable bonds is 5. The SMILES string of the molecule is CC1NN(c2ccc(NC(=O)Cc3ccncc3Cl)cc2S(N)(=O)=O)C=C1Br. The Bertz CT molecular complexity index is 1060. The van der Waals surface area contributed by atoms with Crippen LogP contribution in [0.4, 0.5) is 11.4 Å². The van der Waals surface area contributed by atoms with E-state index < -0.39 is 10.0 Å². The van der Waals surface area contributed by atoms with Gasteiger partial charge in [-0.25, -0.2) is 19.0 Å². The number of carbonyl (C=O) groups excluding carboxylic acids is 1. The Labute approximate surface area is 175 Å². The van der Waals surface area contributed by atoms with Gasteiger partial charge in [-0.3, -0.25) is 14.8 Å². The van der Waals surface area contributed by atoms with E-state index in [2.05, 4.69) is 31.7 Å². The van der Waals surface area contributed by atoms with Crippen molar-refractivity contribution in [1.82, 2.24) is 10.4 Å². The summed E-state index contributed by atoms with van der Waals surface area (Å²) in [6.45, 7) is 1.91. The van der Waals surface area contributed by atoms with E-state index >= 15 is 0 Å². The number of nitrogens with zero attached hydrogens (tertiary/aromatic N) is 2. The predicted molar refractivity (Wildman–Crippen MR) is 111 cm³/mol. The molecule has 0 bridgehead atoms. The van der Waals surface area contributed by atoms with E-state index in [1.807, 2.05) is 6.92 Å². The highest BCUT2D eigenvalue weighted by atomic mass is 79.9. The van der Waals surface area contributed by atoms with Crippen molar-refractivity contribution in [3.8, 4) is 0 Å². The van der Waals surface area contributed by atoms with Gasteiger partial charge < -0.3 is 5.32 Å². The van der Waals surface area contributed by atoms with Crippen LogP contribution in [-0.4, -0.2) is 25.4 Å². The molecule has 1 aromatic heterocycles. The minimum absolute atomic E-state index is 0.0159. The molecule has 1 aliphatic rings. The Morgan fingerprint density at radius 1 is 1.43 bits per heavy atom. The lowest BCUT2D eigenvalue weighted by Crippen LogP contribution is -2.35. The Hall–Kier alpha value is -1.98. The van der Waals surface area contributed by atoms with Crippen LogP contribution in [-0.2, 0) is 21.2 Å². The van der Waals surface area contributed by atoms with Crippen LogP contribution >= 0.6 is 27.5 Å². The average Bonchev–Trinajstić information content (AvgIpc) is 2.95. The number of primary sulfonamides is 1. The summed E-state index contributed by atoms with van der Waals surface area (Å²) in [7, 11) is -4.04. The molecule has 4 N–H and O–H groups in total. The van der Waals surface area contributed by atoms with Crippen LogP contribution in [0.15, 0.2) is 52.2 Å². The van der Waals surface area contributed by atoms with Crippen molar-refractivity contribution in [2.45, 2.75) is 24.3 Å². The highest BCUT2D eigenvalue weighted by Gasteiger charge is 2.25. The second kappa shape index (κ2) is 8.18. The molecule has 8 nitrogen and oxygen atoms in total. The van der Waals surface area contributed by atoms with E-state index in [1.165, 1.54) is 18.5 Å². The first-order valence-electron chi connectivity index (χ1n) is 8.13. The van der Waals surface area contributed by atoms with Gasteiger partial charge in [-0.2, -0.15) is 0 Å². The van der Waals surface area contributed by atoms with Gasteiger partial charge in [0.25, 0.3) is 0 Å². The number of amides is 1. The van der Waals surface area contributed by atoms with Gasteiger partial charge in [-0.05, 0) is 36.8 Å². The summed E-state index contributed by atoms with van der Waals surface area (Å²) >= 11 is 9.42. The number of pyridine rings is 1. The molecular weight excluding hydrogens is 470 g/mol. The summed E-state index contributed by atoms with van der Waals surface area (Å²) in [5, 5.41) is 10.00. The van der Waals surface area contributed by atoms with Crippen LogP contribution in [0.2, 0.25) is 5.02 Å². The Morgan fingerprint density at radius 3 is 2.79 bits per heavy atom. The number of halogens is 2. The number of anilines is 2. The molecule has 2 heterocycles. The van der Waals surface area contributed by atoms with Gasteiger partial charge in [-0.15, -0.1) is 0 Å². The minimum Gasteiger partial charge on any atom is -0.326 e. The van der Waals surface area contributed by atoms with Gasteiger partial charge in [0.2, 0.25) is 15.9 Å². The second-order valence-corrected chi connectivity index (χ2v) is 9.01. The first-order chi connectivity index (χ1) is 13.1. The van der Waals surface area contributed by atoms with Gasteiger partial charge in [-0.1, -0.05) is 27.5 Å². The number of hydrazine groups is 1. The van der Waals surface area contributed by atoms with Gasteiger partial charge in [0.05, 0.1) is 23.2 Å². The van der Waals surface area contributed by atoms with Crippen LogP contribution in [0.3, 0.4) is 0 Å². The topological polar surface area (TPSA) is 117 Å². The summed E-state index contributed by atoms with van der Waals surface area (Å²) < 4.78 is 25.1. The molecule has 1 unspecified atom stereocenters. The van der Waals surface area contributed by atoms with E-state index in [1.54, 1.807) is 29.4 Å². The third kappa shape index (κ3) is 4.70. The molecule has 28 heavy (non-hydrogen) atoms. The Balaban J connectivity index is 1.85. The largest absolute Gasteiger partial charge is 0.326 e. The quantitative estimate of drug-likeness (QED) is 0.598. The number of hydrogen-bond donors (Lipinski definition) is 3. The summed E-state index contributed by atoms with van der Waals surface area (Å²) in [6.07, 6.45) is 4.74. The molecule has 2 aromatic rings. The normalized spacial score (nSPS) is 16.8. The number of benzene rings is 1. The van der Waals surface area contributed by atoms with E-state index in [-0.39, 0.29) is 23.3 Å². The smallest absolute Gasteiger partial charge is 0.240 e. The van der Waals surface area contributed by atoms with Crippen molar-refractivity contribution in [3.05, 3.63) is 57.9 Å². The van der Waals surface area contributed by atoms with Crippen molar-refractivity contribution < 1.29 is 13.2 Å². The average molecular weight is 487 g/mol. The minimum atomic E-state index is -4.04. The van der Waals surface area contributed by atoms with Crippen LogP contribution in [0.1, 0.15) is 12.5 Å². The third-order valence-corrected chi connectivity index (χ3v) is 6.19. The van der Waals surface area contributed by atoms with Crippen molar-refractivity contribution >= 4 is 54.8 Å². The molecule has 0 radical (unpaired) electrons. The number of nitrogens with two attached hydrogens (primary N) is 1. The number of carbonyl (C=O) groups is 1. The van der Waals surface area contributed by atoms with Crippen LogP contribution < -0.4 is 20.9 Å². The predicted octanol–water partition coefficient (Wildman–Crippen LogP) is 2.51. The molecule has 11 heteroatoms. The third-order valence-electron chi connectivity index (χ3n) is 4.02. The summed E-state index contributed by atoms with van der Waals surface area (Å²) in [5.41, 5.74) is 4.36. The van der Waals surface area contributed by atoms with Crippen molar-refractivity contribution in [2.24, 2.45) is 5.14 Å². The zero-order valence-corrected chi connectivity index (χ0v) is 17.8. The Kier molecular flexibility index (Phi) is 6.06. The second-order valence-electron chi connectivity index (χ2n) is 6.15. The van der Waals surface area contributed by atoms with Gasteiger partial charge in [0.15, 0.2) is 0 Å². The summed E-state index contributed by atoms with van der Waals surface area (Å²) in [4.78, 5) is 16.1. The first-order valence-corrected chi connectivity index (χ1v) is 10.8. The van der Waals surface area contributed by atoms with E-state index in [9.17, 15) is 13.2 Å². The molecule has 1 aromatic carbocycles. The van der Waals surface area contributed by atoms with Crippen molar-refractivity contribution in [3.63, 3.8) is 0 Å². The zero-order valence-electron chi connectivity index (χ0n) is 14.7. The summed E-state index contributed by atoms with van der Waals surface area (Å²) in [5.74, 6) is -0.350. The Morgan fingerprint density at radius 2 is 2.18 bits per heavy atom. The molecule has 1 amide bonds. The molecule has 0 saturated heterocycles. The highest BCUT2D eigenvalue weighted by molar-refractivity contribution is 9.11. The molecule has 0 fully saturated rings. The molecule has 0 spiro atoms. The van der Waals surface area contributed by atoms with Gasteiger partial charge in [0.1, 0.15) is 4.90 Å². The fraction of sp³-hybridized carbons (Fsp3) is 0.176. The molecule has 3 rings (SSSR count). The van der Waals surface area contributed by atoms with Gasteiger partial charge in [0, 0.05) is 28.8 Å². The van der Waals surface area contributed by atoms with E-state index in [0.717, 1.165) is 4.48 Å². The molecule has 0 saturated carbocycles. The van der Waals surface area contributed by atoms with E-state index in [0.29, 0.717) is 22.0 Å². The number of nitrogens with one attached hydrogen (secondary N) is 2. The van der Waals surface area contributed by atoms with Crippen LogP contribution in [0, 0.1) is 0 Å². The standard InChI is InChI=1S/C17H17BrClN5O3S/c1-10-13(18)9-24(23-10)15-3-2-12(7-16(15)28(20,26)27)22-17(25)6-11-4-5-21-8-14(11)19/h2-5,7-10,23H,6H2,1H3,(H,22,25)(H2,20,26,27). The van der Waals surface area contributed by atoms with Crippen LogP contribution in [0.25, 0.3) is 0 Å². The molecule has 0 aliphatic carbocycles. The number of hydrogen-bond acceptors (Lipinski definition) is 6. The molecule has 1 aliphatic heterocycles. The molecule has 1 atom stereocenters. The maximum Gasteiger partial charge on any atom is 0.240 e. The first kappa shape index (κ1) is 20.7. The van der Waals surface area contributed by atoms with Crippen molar-refractivity contribution in [2.75, 3.05) is 10.3 Å². The maximum atomic E-state index is 12.3. The highest BCUT2D eigenvalue weighted by Crippen LogP contribution is 2.31. The van der Waals surface area contributed by atoms with E-state index in [4.69, 9.17) is 16.7 Å². The lowest BCUT2D eigenvalue weighted by Gasteiger charge is -2.21. The fourth-order valence-corrected chi connectivity index (χ4v) is 3.87. The van der Waals surface area contributed by atoms with Crippen LogP contribution in [0.5, 0.6) is 0 Å². The maximum absolute atomic E-state index is 12.3. The molecule has 148 valence electrons. The summed E-state index contributed by atoms with van der Waals surface area (Å²) in [6, 6.07) is 6.12. The lowest BCUT2D eigenvalue weighted by atomic mass is 10.2. The van der Waals surface area contributed by atoms with Crippen molar-refractivity contribution in [1.29, 1.82) is 0 Å². The zero-order chi connectivity index (χ0) is 20.5. The molecular formula is C17H17BrClN5O3S. The number of aromatic nitrogens is 1.